The Morgan fingerprint density at radius 2 is 1.84 bits per heavy atom. The van der Waals surface area contributed by atoms with E-state index in [0.29, 0.717) is 11.4 Å². The number of carbonyl (C=O) groups is 2. The molecule has 3 aromatic rings. The second-order valence-electron chi connectivity index (χ2n) is 10.4. The highest BCUT2D eigenvalue weighted by Gasteiger charge is 2.35. The summed E-state index contributed by atoms with van der Waals surface area (Å²) >= 11 is 0. The quantitative estimate of drug-likeness (QED) is 0.331. The first kappa shape index (κ1) is 31.6. The van der Waals surface area contributed by atoms with Gasteiger partial charge in [-0.3, -0.25) is 9.52 Å². The number of ether oxygens (including phenoxy) is 2. The molecule has 3 amide bonds. The molecule has 4 rings (SSSR count). The van der Waals surface area contributed by atoms with Gasteiger partial charge in [0.15, 0.2) is 5.75 Å². The zero-order chi connectivity index (χ0) is 31.3. The number of halogens is 1. The summed E-state index contributed by atoms with van der Waals surface area (Å²) in [7, 11) is -1.05. The minimum atomic E-state index is -4.19. The Bertz CT molecular complexity index is 1550. The summed E-state index contributed by atoms with van der Waals surface area (Å²) in [6.45, 7) is 3.56. The number of nitrogens with zero attached hydrogens (tertiary/aromatic N) is 2. The van der Waals surface area contributed by atoms with Crippen LogP contribution in [0.25, 0.3) is 0 Å². The van der Waals surface area contributed by atoms with Gasteiger partial charge in [-0.15, -0.1) is 0 Å². The lowest BCUT2D eigenvalue weighted by atomic mass is 9.99. The van der Waals surface area contributed by atoms with Gasteiger partial charge in [0.25, 0.3) is 15.9 Å². The topological polar surface area (TPSA) is 138 Å². The molecule has 1 aliphatic rings. The first-order chi connectivity index (χ1) is 20.4. The van der Waals surface area contributed by atoms with E-state index in [0.717, 1.165) is 24.3 Å². The van der Waals surface area contributed by atoms with Crippen molar-refractivity contribution in [2.24, 2.45) is 5.92 Å². The largest absolute Gasteiger partial charge is 0.497 e. The van der Waals surface area contributed by atoms with Gasteiger partial charge in [0.05, 0.1) is 42.4 Å². The van der Waals surface area contributed by atoms with Crippen molar-refractivity contribution in [3.05, 3.63) is 78.1 Å². The van der Waals surface area contributed by atoms with Crippen molar-refractivity contribution in [2.45, 2.75) is 30.9 Å². The Kier molecular flexibility index (Phi) is 9.77. The SMILES string of the molecule is COc1ccc(NC(=O)N(C)C[C@@H]2Oc3c(NS(=O)(=O)c4ccc(F)cc4)cccc3C(=O)N([C@H](C)CO)C[C@@H]2C)cc1. The van der Waals surface area contributed by atoms with E-state index in [1.54, 1.807) is 45.3 Å². The number of nitrogens with one attached hydrogen (secondary N) is 2. The smallest absolute Gasteiger partial charge is 0.321 e. The van der Waals surface area contributed by atoms with Gasteiger partial charge in [-0.05, 0) is 67.6 Å². The van der Waals surface area contributed by atoms with Gasteiger partial charge in [0.1, 0.15) is 17.7 Å². The lowest BCUT2D eigenvalue weighted by Crippen LogP contribution is -2.50. The lowest BCUT2D eigenvalue weighted by Gasteiger charge is -2.38. The molecule has 0 aromatic heterocycles. The summed E-state index contributed by atoms with van der Waals surface area (Å²) < 4.78 is 53.8. The van der Waals surface area contributed by atoms with Gasteiger partial charge in [0, 0.05) is 25.2 Å². The number of likely N-dealkylation sites (N-methyl/N-ethyl adjacent to an activating group) is 1. The number of urea groups is 1. The summed E-state index contributed by atoms with van der Waals surface area (Å²) in [5.41, 5.74) is 0.638. The Balaban J connectivity index is 1.66. The minimum Gasteiger partial charge on any atom is -0.497 e. The number of rotatable bonds is 9. The number of fused-ring (bicyclic) bond motifs is 1. The molecule has 0 saturated carbocycles. The number of sulfonamides is 1. The number of hydrogen-bond donors (Lipinski definition) is 3. The maximum absolute atomic E-state index is 13.7. The van der Waals surface area contributed by atoms with Crippen molar-refractivity contribution in [3.8, 4) is 11.5 Å². The molecule has 230 valence electrons. The molecule has 0 saturated heterocycles. The maximum Gasteiger partial charge on any atom is 0.321 e. The number of aliphatic hydroxyl groups excluding tert-OH is 1. The third kappa shape index (κ3) is 7.35. The standard InChI is InChI=1S/C30H35FN4O7S/c1-19-16-35(20(2)18-36)29(37)25-6-5-7-26(33-43(39,40)24-14-8-21(31)9-15-24)28(25)42-27(19)17-34(3)30(38)32-22-10-12-23(41-4)13-11-22/h5-15,19-20,27,33,36H,16-18H2,1-4H3,(H,32,38)/t19-,20+,27-/m0/s1. The zero-order valence-electron chi connectivity index (χ0n) is 24.3. The third-order valence-electron chi connectivity index (χ3n) is 7.20. The molecule has 3 atom stereocenters. The van der Waals surface area contributed by atoms with Gasteiger partial charge in [-0.1, -0.05) is 13.0 Å². The number of methoxy groups -OCH3 is 1. The molecule has 1 heterocycles. The van der Waals surface area contributed by atoms with Crippen LogP contribution in [0.15, 0.2) is 71.6 Å². The van der Waals surface area contributed by atoms with Gasteiger partial charge >= 0.3 is 6.03 Å². The Morgan fingerprint density at radius 3 is 2.47 bits per heavy atom. The molecule has 3 aromatic carbocycles. The zero-order valence-corrected chi connectivity index (χ0v) is 25.1. The predicted molar refractivity (Wildman–Crippen MR) is 159 cm³/mol. The molecule has 1 aliphatic heterocycles. The van der Waals surface area contributed by atoms with Crippen molar-refractivity contribution in [1.82, 2.24) is 9.80 Å². The van der Waals surface area contributed by atoms with Crippen LogP contribution in [-0.2, 0) is 10.0 Å². The predicted octanol–water partition coefficient (Wildman–Crippen LogP) is 4.02. The van der Waals surface area contributed by atoms with Crippen LogP contribution in [0.1, 0.15) is 24.2 Å². The molecule has 13 heteroatoms. The summed E-state index contributed by atoms with van der Waals surface area (Å²) in [4.78, 5) is 29.5. The highest BCUT2D eigenvalue weighted by atomic mass is 32.2. The van der Waals surface area contributed by atoms with E-state index < -0.39 is 39.9 Å². The second-order valence-corrected chi connectivity index (χ2v) is 12.1. The van der Waals surface area contributed by atoms with Crippen LogP contribution < -0.4 is 19.5 Å². The summed E-state index contributed by atoms with van der Waals surface area (Å²) in [5.74, 6) is -0.759. The number of para-hydroxylation sites is 1. The Labute approximate surface area is 250 Å². The Hall–Kier alpha value is -4.36. The number of benzene rings is 3. The summed E-state index contributed by atoms with van der Waals surface area (Å²) in [5, 5.41) is 12.7. The van der Waals surface area contributed by atoms with E-state index >= 15 is 0 Å². The number of aliphatic hydroxyl groups is 1. The molecule has 11 nitrogen and oxygen atoms in total. The molecule has 0 bridgehead atoms. The first-order valence-corrected chi connectivity index (χ1v) is 15.1. The lowest BCUT2D eigenvalue weighted by molar-refractivity contribution is 0.0373. The maximum atomic E-state index is 13.7. The fraction of sp³-hybridized carbons (Fsp3) is 0.333. The molecule has 0 aliphatic carbocycles. The molecule has 0 unspecified atom stereocenters. The third-order valence-corrected chi connectivity index (χ3v) is 8.58. The van der Waals surface area contributed by atoms with Crippen molar-refractivity contribution in [1.29, 1.82) is 0 Å². The van der Waals surface area contributed by atoms with Crippen LogP contribution in [0, 0.1) is 11.7 Å². The van der Waals surface area contributed by atoms with Crippen LogP contribution in [0.3, 0.4) is 0 Å². The highest BCUT2D eigenvalue weighted by molar-refractivity contribution is 7.92. The average Bonchev–Trinajstić information content (AvgIpc) is 2.99. The number of amides is 3. The number of carbonyl (C=O) groups excluding carboxylic acids is 2. The summed E-state index contributed by atoms with van der Waals surface area (Å²) in [6.07, 6.45) is -0.691. The monoisotopic (exact) mass is 614 g/mol. The van der Waals surface area contributed by atoms with Crippen molar-refractivity contribution in [3.63, 3.8) is 0 Å². The van der Waals surface area contributed by atoms with Crippen LogP contribution in [0.5, 0.6) is 11.5 Å². The molecule has 0 spiro atoms. The van der Waals surface area contributed by atoms with E-state index in [9.17, 15) is 27.5 Å². The van der Waals surface area contributed by atoms with E-state index in [2.05, 4.69) is 10.0 Å². The molecule has 0 radical (unpaired) electrons. The van der Waals surface area contributed by atoms with E-state index in [1.165, 1.54) is 28.0 Å². The van der Waals surface area contributed by atoms with Crippen LogP contribution in [0.2, 0.25) is 0 Å². The molecular weight excluding hydrogens is 579 g/mol. The van der Waals surface area contributed by atoms with E-state index in [4.69, 9.17) is 9.47 Å². The molecular formula is C30H35FN4O7S. The molecule has 0 fully saturated rings. The van der Waals surface area contributed by atoms with Gasteiger partial charge < -0.3 is 29.7 Å². The van der Waals surface area contributed by atoms with Crippen molar-refractivity contribution in [2.75, 3.05) is 43.9 Å². The van der Waals surface area contributed by atoms with Crippen LogP contribution >= 0.6 is 0 Å². The second kappa shape index (κ2) is 13.3. The van der Waals surface area contributed by atoms with Gasteiger partial charge in [-0.25, -0.2) is 17.6 Å². The van der Waals surface area contributed by atoms with Crippen LogP contribution in [-0.4, -0.2) is 81.3 Å². The minimum absolute atomic E-state index is 0.00351. The van der Waals surface area contributed by atoms with Crippen LogP contribution in [0.4, 0.5) is 20.6 Å². The van der Waals surface area contributed by atoms with Crippen molar-refractivity contribution >= 4 is 33.3 Å². The highest BCUT2D eigenvalue weighted by Crippen LogP contribution is 2.36. The summed E-state index contributed by atoms with van der Waals surface area (Å²) in [6, 6.07) is 14.7. The van der Waals surface area contributed by atoms with E-state index in [1.807, 2.05) is 6.92 Å². The van der Waals surface area contributed by atoms with E-state index in [-0.39, 0.29) is 47.5 Å². The normalized spacial score (nSPS) is 17.5. The first-order valence-electron chi connectivity index (χ1n) is 13.6. The average molecular weight is 615 g/mol. The van der Waals surface area contributed by atoms with Crippen molar-refractivity contribution < 1.29 is 37.0 Å². The van der Waals surface area contributed by atoms with Gasteiger partial charge in [0.2, 0.25) is 0 Å². The molecule has 3 N–H and O–H groups in total. The fourth-order valence-electron chi connectivity index (χ4n) is 4.61. The Morgan fingerprint density at radius 1 is 1.16 bits per heavy atom. The number of hydrogen-bond acceptors (Lipinski definition) is 7. The molecule has 43 heavy (non-hydrogen) atoms. The number of anilines is 2. The fourth-order valence-corrected chi connectivity index (χ4v) is 5.67. The van der Waals surface area contributed by atoms with Gasteiger partial charge in [-0.2, -0.15) is 0 Å².